The van der Waals surface area contributed by atoms with E-state index in [9.17, 15) is 9.90 Å². The summed E-state index contributed by atoms with van der Waals surface area (Å²) in [6, 6.07) is 11.5. The summed E-state index contributed by atoms with van der Waals surface area (Å²) in [6.07, 6.45) is 0.686. The molecule has 4 aromatic rings. The van der Waals surface area contributed by atoms with Gasteiger partial charge >= 0.3 is 5.97 Å². The number of ether oxygens (including phenoxy) is 1. The quantitative estimate of drug-likeness (QED) is 0.409. The number of para-hydroxylation sites is 2. The number of phenols is 1. The van der Waals surface area contributed by atoms with Crippen molar-refractivity contribution in [2.45, 2.75) is 53.4 Å². The topological polar surface area (TPSA) is 60.3 Å². The van der Waals surface area contributed by atoms with Crippen molar-refractivity contribution in [3.63, 3.8) is 0 Å². The number of phenolic OH excluding ortho intramolecular Hbond substituents is 1. The average molecular weight is 381 g/mol. The van der Waals surface area contributed by atoms with Gasteiger partial charge in [0.1, 0.15) is 28.2 Å². The molecule has 4 rings (SSSR count). The van der Waals surface area contributed by atoms with E-state index in [1.165, 1.54) is 0 Å². The van der Waals surface area contributed by atoms with Crippen molar-refractivity contribution in [3.05, 3.63) is 42.0 Å². The maximum absolute atomic E-state index is 12.6. The predicted octanol–water partition coefficient (Wildman–Crippen LogP) is 4.77. The van der Waals surface area contributed by atoms with Gasteiger partial charge in [-0.1, -0.05) is 39.8 Å². The van der Waals surface area contributed by atoms with Crippen molar-refractivity contribution in [1.29, 1.82) is 0 Å². The highest BCUT2D eigenvalue weighted by Crippen LogP contribution is 2.41. The molecule has 6 nitrogen and oxygen atoms in total. The van der Waals surface area contributed by atoms with Gasteiger partial charge in [-0.25, -0.2) is 0 Å². The second-order valence-corrected chi connectivity index (χ2v) is 9.07. The zero-order valence-corrected chi connectivity index (χ0v) is 17.3. The minimum Gasteiger partial charge on any atom is -0.505 e. The number of nitrogens with zero attached hydrogens (tertiary/aromatic N) is 3. The fraction of sp³-hybridized carbons (Fsp3) is 0.409. The van der Waals surface area contributed by atoms with Crippen molar-refractivity contribution in [3.8, 4) is 17.2 Å². The highest BCUT2D eigenvalue weighted by Gasteiger charge is 2.32. The van der Waals surface area contributed by atoms with Gasteiger partial charge < -0.3 is 9.84 Å². The zero-order chi connectivity index (χ0) is 20.4. The molecule has 0 saturated heterocycles. The number of fused-ring (bicyclic) bond motifs is 4. The third kappa shape index (κ3) is 2.66. The first kappa shape index (κ1) is 18.5. The molecule has 2 heterocycles. The molecule has 0 unspecified atom stereocenters. The molecule has 0 fully saturated rings. The second-order valence-electron chi connectivity index (χ2n) is 9.07. The summed E-state index contributed by atoms with van der Waals surface area (Å²) < 4.78 is 9.68. The second kappa shape index (κ2) is 5.80. The Balaban J connectivity index is 1.84. The standard InChI is InChI=1S/C22H27N3O3/c1-7-22(5,6)20(27)28-14-12-15(21(2,3)4)19(26)18(13-14)25-23-16-10-8-9-11-17(16)24(23)25/h8-13,26H,7H2,1-6H3. The molecule has 2 aromatic carbocycles. The van der Waals surface area contributed by atoms with Gasteiger partial charge in [0.2, 0.25) is 0 Å². The van der Waals surface area contributed by atoms with Crippen LogP contribution in [0.4, 0.5) is 0 Å². The van der Waals surface area contributed by atoms with E-state index < -0.39 is 5.41 Å². The molecular weight excluding hydrogens is 354 g/mol. The molecule has 0 saturated carbocycles. The Kier molecular flexibility index (Phi) is 3.83. The molecule has 2 aromatic heterocycles. The largest absolute Gasteiger partial charge is 0.505 e. The van der Waals surface area contributed by atoms with E-state index in [2.05, 4.69) is 0 Å². The van der Waals surface area contributed by atoms with Crippen LogP contribution in [0.25, 0.3) is 16.7 Å². The van der Waals surface area contributed by atoms with E-state index in [0.717, 1.165) is 16.6 Å². The van der Waals surface area contributed by atoms with Crippen LogP contribution in [0.2, 0.25) is 0 Å². The lowest BCUT2D eigenvalue weighted by Gasteiger charge is -2.24. The smallest absolute Gasteiger partial charge is 0.316 e. The van der Waals surface area contributed by atoms with Crippen LogP contribution >= 0.6 is 0 Å². The van der Waals surface area contributed by atoms with Gasteiger partial charge in [-0.2, -0.15) is 0 Å². The Morgan fingerprint density at radius 1 is 1.04 bits per heavy atom. The fourth-order valence-corrected chi connectivity index (χ4v) is 3.26. The van der Waals surface area contributed by atoms with Crippen LogP contribution in [0.1, 0.15) is 53.5 Å². The summed E-state index contributed by atoms with van der Waals surface area (Å²) >= 11 is 0. The van der Waals surface area contributed by atoms with Crippen LogP contribution in [0, 0.1) is 5.41 Å². The third-order valence-electron chi connectivity index (χ3n) is 5.55. The summed E-state index contributed by atoms with van der Waals surface area (Å²) in [5.74, 6) is 0.369. The van der Waals surface area contributed by atoms with Gasteiger partial charge in [0.15, 0.2) is 0 Å². The van der Waals surface area contributed by atoms with Gasteiger partial charge in [-0.3, -0.25) is 4.79 Å². The number of hydrogen-bond acceptors (Lipinski definition) is 3. The van der Waals surface area contributed by atoms with Crippen LogP contribution in [-0.2, 0) is 10.2 Å². The van der Waals surface area contributed by atoms with E-state index in [4.69, 9.17) is 4.74 Å². The van der Waals surface area contributed by atoms with Gasteiger partial charge in [-0.05, 0) is 43.9 Å². The number of carbonyl (C=O) groups excluding carboxylic acids is 1. The van der Waals surface area contributed by atoms with Crippen molar-refractivity contribution in [1.82, 2.24) is 14.1 Å². The lowest BCUT2D eigenvalue weighted by atomic mass is 9.85. The summed E-state index contributed by atoms with van der Waals surface area (Å²) in [7, 11) is 0. The molecule has 28 heavy (non-hydrogen) atoms. The molecule has 6 heteroatoms. The van der Waals surface area contributed by atoms with Crippen molar-refractivity contribution in [2.75, 3.05) is 0 Å². The van der Waals surface area contributed by atoms with E-state index in [1.807, 2.05) is 79.9 Å². The van der Waals surface area contributed by atoms with Crippen LogP contribution in [-0.4, -0.2) is 25.1 Å². The Hall–Kier alpha value is -2.89. The molecule has 0 spiro atoms. The van der Waals surface area contributed by atoms with Crippen LogP contribution < -0.4 is 4.74 Å². The van der Waals surface area contributed by atoms with E-state index >= 15 is 0 Å². The number of carbonyl (C=O) groups is 1. The lowest BCUT2D eigenvalue weighted by molar-refractivity contribution is -0.144. The monoisotopic (exact) mass is 381 g/mol. The molecule has 0 aliphatic carbocycles. The number of aromatic hydroxyl groups is 1. The SMILES string of the molecule is CCC(C)(C)C(=O)Oc1cc(-n2n3c4ccccc4n23)c(O)c(C(C)(C)C)c1. The summed E-state index contributed by atoms with van der Waals surface area (Å²) in [5.41, 5.74) is 2.61. The minimum atomic E-state index is -0.567. The molecule has 148 valence electrons. The summed E-state index contributed by atoms with van der Waals surface area (Å²) in [5, 5.41) is 11.0. The molecule has 0 radical (unpaired) electrons. The van der Waals surface area contributed by atoms with Gasteiger partial charge in [-0.15, -0.1) is 14.1 Å². The average Bonchev–Trinajstić information content (AvgIpc) is 3.28. The molecule has 0 aliphatic heterocycles. The molecule has 1 N–H and O–H groups in total. The number of aromatic nitrogens is 3. The van der Waals surface area contributed by atoms with E-state index in [1.54, 1.807) is 12.1 Å². The summed E-state index contributed by atoms with van der Waals surface area (Å²) in [4.78, 5) is 14.5. The van der Waals surface area contributed by atoms with Crippen molar-refractivity contribution < 1.29 is 14.6 Å². The number of rotatable bonds is 4. The highest BCUT2D eigenvalue weighted by molar-refractivity contribution is 5.80. The van der Waals surface area contributed by atoms with Gasteiger partial charge in [0.25, 0.3) is 0 Å². The van der Waals surface area contributed by atoms with E-state index in [-0.39, 0.29) is 17.1 Å². The maximum atomic E-state index is 12.6. The van der Waals surface area contributed by atoms with Gasteiger partial charge in [0, 0.05) is 11.6 Å². The molecule has 0 amide bonds. The highest BCUT2D eigenvalue weighted by atomic mass is 16.5. The van der Waals surface area contributed by atoms with Crippen molar-refractivity contribution >= 4 is 17.0 Å². The molecular formula is C22H27N3O3. The lowest BCUT2D eigenvalue weighted by Crippen LogP contribution is -2.28. The van der Waals surface area contributed by atoms with Crippen molar-refractivity contribution in [2.24, 2.45) is 5.41 Å². The van der Waals surface area contributed by atoms with Crippen LogP contribution in [0.15, 0.2) is 36.4 Å². The fourth-order valence-electron chi connectivity index (χ4n) is 3.26. The van der Waals surface area contributed by atoms with Gasteiger partial charge in [0.05, 0.1) is 5.41 Å². The third-order valence-corrected chi connectivity index (χ3v) is 5.55. The first-order chi connectivity index (χ1) is 13.1. The van der Waals surface area contributed by atoms with Crippen LogP contribution in [0.3, 0.4) is 0 Å². The Labute approximate surface area is 164 Å². The molecule has 0 atom stereocenters. The predicted molar refractivity (Wildman–Crippen MR) is 109 cm³/mol. The van der Waals surface area contributed by atoms with Crippen LogP contribution in [0.5, 0.6) is 11.5 Å². The summed E-state index contributed by atoms with van der Waals surface area (Å²) in [6.45, 7) is 11.8. The number of esters is 1. The Bertz CT molecular complexity index is 1130. The zero-order valence-electron chi connectivity index (χ0n) is 17.3. The maximum Gasteiger partial charge on any atom is 0.316 e. The molecule has 0 aliphatic rings. The minimum absolute atomic E-state index is 0.197. The van der Waals surface area contributed by atoms with E-state index in [0.29, 0.717) is 17.9 Å². The Morgan fingerprint density at radius 3 is 2.11 bits per heavy atom. The Morgan fingerprint density at radius 2 is 1.61 bits per heavy atom. The molecule has 0 bridgehead atoms. The normalized spacial score (nSPS) is 13.1. The first-order valence-corrected chi connectivity index (χ1v) is 9.65. The first-order valence-electron chi connectivity index (χ1n) is 9.65. The number of hydrogen-bond donors (Lipinski definition) is 1. The number of benzene rings is 2.